The highest BCUT2D eigenvalue weighted by atomic mass is 16.8. The smallest absolute Gasteiger partial charge is 0.330 e. The van der Waals surface area contributed by atoms with Crippen LogP contribution in [-0.4, -0.2) is 281 Å². The molecule has 4 saturated carbocycles. The second-order valence-electron chi connectivity index (χ2n) is 22.9. The van der Waals surface area contributed by atoms with Crippen molar-refractivity contribution in [3.05, 3.63) is 24.3 Å². The van der Waals surface area contributed by atoms with Gasteiger partial charge >= 0.3 is 11.9 Å². The Labute approximate surface area is 462 Å². The van der Waals surface area contributed by atoms with Gasteiger partial charge in [-0.15, -0.1) is 0 Å². The second-order valence-corrected chi connectivity index (χ2v) is 22.9. The van der Waals surface area contributed by atoms with Gasteiger partial charge in [0.25, 0.3) is 0 Å². The molecule has 11 unspecified atom stereocenters. The fraction of sp³-hybridized carbons (Fsp3) is 0.887. The topological polar surface area (TPSA) is 422 Å². The van der Waals surface area contributed by atoms with Gasteiger partial charge in [-0.1, -0.05) is 12.2 Å². The van der Waals surface area contributed by atoms with Crippen LogP contribution in [0.3, 0.4) is 0 Å². The molecule has 0 bridgehead atoms. The minimum absolute atomic E-state index is 0.00184. The number of allylic oxidation sites excluding steroid dienone is 2. The van der Waals surface area contributed by atoms with Crippen LogP contribution in [0.2, 0.25) is 0 Å². The molecule has 4 aliphatic carbocycles. The standard InChI is InChI=1S/C53H84O27/c1-70-32-13-23(14-33(71-2)40(32)62)6-12-39(61)79-49-45(67)42(64)36(20-55)77-53(49)80-50-46(68)43(65)37(21-72-38(60)11-5-22-3-8-25(56)9-4-22)78-52(50)75-34-18-27-30(73-48(34)24-7-10-28(58)29(59)15-24)16-26(57)17-31(27)74-51-47(69)44(66)41(63)35(19-54)76-51/h5-6,11-12,22-37,40-59,62-69H,3-4,7-10,13-21H2,1-2H3/p+1/t22?,23?,24?,25?,26?,27?,28?,29?,30?,31?,32?,33?,34?,35-,36-,37-,40?,41-,42-,43-,44+,45+,46+,47-,48?,49-,50-,51-,52-,53+/m1/s1. The second kappa shape index (κ2) is 28.6. The number of carbonyl (C=O) groups excluding carboxylic acids is 2. The van der Waals surface area contributed by atoms with Crippen molar-refractivity contribution in [1.82, 2.24) is 0 Å². The van der Waals surface area contributed by atoms with Crippen molar-refractivity contribution in [2.45, 2.75) is 236 Å². The number of fused-ring (bicyclic) bond motifs is 1. The lowest BCUT2D eigenvalue weighted by molar-refractivity contribution is -0.390. The summed E-state index contributed by atoms with van der Waals surface area (Å²) in [5.74, 6) is -3.39. The van der Waals surface area contributed by atoms with Crippen molar-refractivity contribution in [1.29, 1.82) is 0 Å². The van der Waals surface area contributed by atoms with Crippen molar-refractivity contribution in [3.63, 3.8) is 0 Å². The molecule has 458 valence electrons. The zero-order valence-electron chi connectivity index (χ0n) is 44.8. The normalized spacial score (nSPS) is 48.6. The number of hydrogen-bond acceptors (Lipinski definition) is 26. The zero-order chi connectivity index (χ0) is 57.7. The van der Waals surface area contributed by atoms with Gasteiger partial charge in [-0.3, -0.25) is 0 Å². The van der Waals surface area contributed by atoms with E-state index in [1.807, 2.05) is 0 Å². The number of aliphatic hydroxyl groups excluding tert-OH is 14. The van der Waals surface area contributed by atoms with Gasteiger partial charge in [-0.05, 0) is 76.0 Å². The summed E-state index contributed by atoms with van der Waals surface area (Å²) < 4.78 is 64.8. The molecule has 80 heavy (non-hydrogen) atoms. The summed E-state index contributed by atoms with van der Waals surface area (Å²) in [6.45, 7) is -2.28. The van der Waals surface area contributed by atoms with E-state index in [1.165, 1.54) is 26.4 Å². The quantitative estimate of drug-likeness (QED) is 0.0346. The van der Waals surface area contributed by atoms with E-state index in [1.54, 1.807) is 6.08 Å². The number of rotatable bonds is 18. The van der Waals surface area contributed by atoms with Crippen molar-refractivity contribution in [2.24, 2.45) is 23.7 Å². The zero-order valence-corrected chi connectivity index (χ0v) is 44.8. The highest BCUT2D eigenvalue weighted by molar-refractivity contribution is 5.82. The summed E-state index contributed by atoms with van der Waals surface area (Å²) in [7, 11) is 2.85. The first-order chi connectivity index (χ1) is 38.2. The molecule has 27 heteroatoms. The van der Waals surface area contributed by atoms with Crippen LogP contribution in [-0.2, 0) is 57.0 Å². The van der Waals surface area contributed by atoms with Gasteiger partial charge in [0.15, 0.2) is 37.2 Å². The van der Waals surface area contributed by atoms with Gasteiger partial charge in [0.05, 0.1) is 61.9 Å². The van der Waals surface area contributed by atoms with Gasteiger partial charge in [0.2, 0.25) is 0 Å². The SMILES string of the molecule is COC1CC(C=CC(=O)O[C@H]2[C@H](O[C@H]3[C@H](OC4CC5C(O[C@@H]6O[C@H](CO)[C@@H](O)[C@H](O)[C@H]6O)CC(O)CC5[OH+]C4C4CCC(O)C(O)C4)O[C@H](COC(=O)C=CC4CCC(O)CC4)[C@@H](O)[C@@H]3O)O[C@H](CO)[C@@H](O)[C@@H]2O)CC(OC)C1O. The first kappa shape index (κ1) is 63.5. The molecular weight excluding hydrogens is 1070 g/mol. The Hall–Kier alpha value is -2.50. The van der Waals surface area contributed by atoms with E-state index < -0.39 is 203 Å². The molecule has 15 N–H and O–H groups in total. The lowest BCUT2D eigenvalue weighted by Gasteiger charge is -2.51. The average Bonchev–Trinajstić information content (AvgIpc) is 3.50. The summed E-state index contributed by atoms with van der Waals surface area (Å²) in [5, 5.41) is 152. The van der Waals surface area contributed by atoms with E-state index in [2.05, 4.69) is 0 Å². The van der Waals surface area contributed by atoms with Gasteiger partial charge < -0.3 is 124 Å². The molecule has 0 aromatic rings. The summed E-state index contributed by atoms with van der Waals surface area (Å²) in [5.41, 5.74) is 0. The maximum absolute atomic E-state index is 13.6. The third-order valence-corrected chi connectivity index (χ3v) is 17.6. The molecular formula is C53H85O27+. The number of esters is 2. The minimum atomic E-state index is -2.03. The van der Waals surface area contributed by atoms with E-state index in [0.29, 0.717) is 44.9 Å². The van der Waals surface area contributed by atoms with Gasteiger partial charge in [-0.2, -0.15) is 0 Å². The molecule has 4 aliphatic heterocycles. The Morgan fingerprint density at radius 3 is 1.73 bits per heavy atom. The Morgan fingerprint density at radius 2 is 1.07 bits per heavy atom. The molecule has 8 rings (SSSR count). The molecule has 0 radical (unpaired) electrons. The molecule has 4 saturated heterocycles. The number of methoxy groups -OCH3 is 2. The van der Waals surface area contributed by atoms with Crippen LogP contribution in [0.5, 0.6) is 0 Å². The molecule has 8 fully saturated rings. The van der Waals surface area contributed by atoms with E-state index in [-0.39, 0.29) is 43.9 Å². The predicted molar refractivity (Wildman–Crippen MR) is 267 cm³/mol. The molecule has 0 aromatic heterocycles. The number of hydrogen-bond donors (Lipinski definition) is 14. The molecule has 0 aromatic carbocycles. The first-order valence-corrected chi connectivity index (χ1v) is 28.0. The number of aliphatic hydroxyl groups is 16. The Kier molecular flexibility index (Phi) is 22.7. The van der Waals surface area contributed by atoms with E-state index >= 15 is 0 Å². The van der Waals surface area contributed by atoms with Crippen LogP contribution in [0, 0.1) is 23.7 Å². The van der Waals surface area contributed by atoms with Crippen LogP contribution in [0.15, 0.2) is 24.3 Å². The average molecular weight is 1150 g/mol. The van der Waals surface area contributed by atoms with Crippen LogP contribution < -0.4 is 0 Å². The third-order valence-electron chi connectivity index (χ3n) is 17.6. The third kappa shape index (κ3) is 14.9. The van der Waals surface area contributed by atoms with E-state index in [4.69, 9.17) is 52.1 Å². The molecule has 4 heterocycles. The summed E-state index contributed by atoms with van der Waals surface area (Å²) in [6.07, 6.45) is -27.0. The van der Waals surface area contributed by atoms with Crippen LogP contribution in [0.1, 0.15) is 77.0 Å². The summed E-state index contributed by atoms with van der Waals surface area (Å²) in [4.78, 5) is 26.8. The van der Waals surface area contributed by atoms with Crippen molar-refractivity contribution < 1.29 is 133 Å². The maximum Gasteiger partial charge on any atom is 0.330 e. The molecule has 8 aliphatic rings. The van der Waals surface area contributed by atoms with Gasteiger partial charge in [-0.25, -0.2) is 9.59 Å². The van der Waals surface area contributed by atoms with Crippen molar-refractivity contribution in [2.75, 3.05) is 34.0 Å². The lowest BCUT2D eigenvalue weighted by atomic mass is 9.72. The summed E-state index contributed by atoms with van der Waals surface area (Å²) in [6, 6.07) is 0. The Balaban J connectivity index is 1.08. The fourth-order valence-corrected chi connectivity index (χ4v) is 12.9. The Morgan fingerprint density at radius 1 is 0.500 bits per heavy atom. The highest BCUT2D eigenvalue weighted by Gasteiger charge is 2.58. The minimum Gasteiger partial charge on any atom is -0.460 e. The fourth-order valence-electron chi connectivity index (χ4n) is 12.9. The maximum atomic E-state index is 13.6. The largest absolute Gasteiger partial charge is 0.460 e. The van der Waals surface area contributed by atoms with E-state index in [0.717, 1.165) is 6.08 Å². The number of ether oxygens (including phenoxy) is 11. The monoisotopic (exact) mass is 1150 g/mol. The molecule has 0 spiro atoms. The molecule has 26 atom stereocenters. The van der Waals surface area contributed by atoms with Gasteiger partial charge in [0, 0.05) is 45.1 Å². The van der Waals surface area contributed by atoms with Gasteiger partial charge in [0.1, 0.15) is 86.0 Å². The van der Waals surface area contributed by atoms with Crippen molar-refractivity contribution in [3.8, 4) is 0 Å². The predicted octanol–water partition coefficient (Wildman–Crippen LogP) is -5.29. The van der Waals surface area contributed by atoms with E-state index in [9.17, 15) is 81.1 Å². The lowest BCUT2D eigenvalue weighted by Crippen LogP contribution is -2.66. The molecule has 0 amide bonds. The molecule has 27 nitrogen and oxygen atoms in total. The highest BCUT2D eigenvalue weighted by Crippen LogP contribution is 2.45. The Bertz CT molecular complexity index is 2000. The van der Waals surface area contributed by atoms with Crippen LogP contribution in [0.25, 0.3) is 0 Å². The van der Waals surface area contributed by atoms with Crippen LogP contribution in [0.4, 0.5) is 0 Å². The first-order valence-electron chi connectivity index (χ1n) is 28.0. The summed E-state index contributed by atoms with van der Waals surface area (Å²) >= 11 is 0. The van der Waals surface area contributed by atoms with Crippen molar-refractivity contribution >= 4 is 11.9 Å². The number of carbonyl (C=O) groups is 2. The van der Waals surface area contributed by atoms with Crippen LogP contribution >= 0.6 is 0 Å².